The molecule has 5 nitrogen and oxygen atoms in total. The number of rotatable bonds is 4. The average Bonchev–Trinajstić information content (AvgIpc) is 3.10. The second-order valence-corrected chi connectivity index (χ2v) is 8.00. The summed E-state index contributed by atoms with van der Waals surface area (Å²) >= 11 is 5.19. The zero-order valence-corrected chi connectivity index (χ0v) is 16.5. The van der Waals surface area contributed by atoms with Gasteiger partial charge in [-0.15, -0.1) is 0 Å². The zero-order chi connectivity index (χ0) is 17.9. The van der Waals surface area contributed by atoms with Gasteiger partial charge in [-0.3, -0.25) is 4.79 Å². The molecule has 0 saturated carbocycles. The van der Waals surface area contributed by atoms with Crippen LogP contribution in [0.1, 0.15) is 0 Å². The lowest BCUT2D eigenvalue weighted by molar-refractivity contribution is -0.133. The Bertz CT molecular complexity index is 908. The van der Waals surface area contributed by atoms with Crippen LogP contribution in [-0.2, 0) is 4.79 Å². The standard InChI is InChI=1S/C19H18BrN3O2S/c20-14-6-7-16-17(12-14)26-19(21-16)23-10-8-22(9-11-23)18(24)13-25-15-4-2-1-3-5-15/h1-7,12H,8-11,13H2. The Hall–Kier alpha value is -2.12. The summed E-state index contributed by atoms with van der Waals surface area (Å²) in [5, 5.41) is 1.02. The maximum atomic E-state index is 12.4. The van der Waals surface area contributed by atoms with Crippen molar-refractivity contribution in [2.45, 2.75) is 0 Å². The molecule has 0 spiro atoms. The van der Waals surface area contributed by atoms with Gasteiger partial charge in [-0.1, -0.05) is 45.5 Å². The number of fused-ring (bicyclic) bond motifs is 1. The van der Waals surface area contributed by atoms with Crippen LogP contribution < -0.4 is 9.64 Å². The third-order valence-electron chi connectivity index (χ3n) is 4.35. The van der Waals surface area contributed by atoms with Gasteiger partial charge in [0.2, 0.25) is 0 Å². The van der Waals surface area contributed by atoms with Crippen LogP contribution in [0.25, 0.3) is 10.2 Å². The highest BCUT2D eigenvalue weighted by atomic mass is 79.9. The first-order chi connectivity index (χ1) is 12.7. The monoisotopic (exact) mass is 431 g/mol. The van der Waals surface area contributed by atoms with Crippen molar-refractivity contribution >= 4 is 48.5 Å². The highest BCUT2D eigenvalue weighted by Crippen LogP contribution is 2.31. The third kappa shape index (κ3) is 3.83. The molecule has 7 heteroatoms. The van der Waals surface area contributed by atoms with E-state index >= 15 is 0 Å². The molecular formula is C19H18BrN3O2S. The first-order valence-electron chi connectivity index (χ1n) is 8.46. The van der Waals surface area contributed by atoms with E-state index in [2.05, 4.69) is 26.9 Å². The molecule has 0 aliphatic carbocycles. The molecule has 2 heterocycles. The van der Waals surface area contributed by atoms with Crippen molar-refractivity contribution in [1.82, 2.24) is 9.88 Å². The number of piperazine rings is 1. The number of hydrogen-bond acceptors (Lipinski definition) is 5. The number of thiazole rings is 1. The van der Waals surface area contributed by atoms with E-state index in [4.69, 9.17) is 9.72 Å². The molecule has 0 radical (unpaired) electrons. The smallest absolute Gasteiger partial charge is 0.260 e. The van der Waals surface area contributed by atoms with Gasteiger partial charge in [0.25, 0.3) is 5.91 Å². The van der Waals surface area contributed by atoms with E-state index < -0.39 is 0 Å². The van der Waals surface area contributed by atoms with Crippen molar-refractivity contribution in [3.63, 3.8) is 0 Å². The number of ether oxygens (including phenoxy) is 1. The minimum absolute atomic E-state index is 0.0294. The van der Waals surface area contributed by atoms with Crippen LogP contribution in [0.15, 0.2) is 53.0 Å². The van der Waals surface area contributed by atoms with E-state index in [-0.39, 0.29) is 12.5 Å². The number of para-hydroxylation sites is 1. The largest absolute Gasteiger partial charge is 0.484 e. The van der Waals surface area contributed by atoms with Gasteiger partial charge in [-0.2, -0.15) is 0 Å². The number of amides is 1. The molecule has 1 saturated heterocycles. The summed E-state index contributed by atoms with van der Waals surface area (Å²) in [6.07, 6.45) is 0. The molecule has 1 aliphatic rings. The second-order valence-electron chi connectivity index (χ2n) is 6.08. The van der Waals surface area contributed by atoms with Crippen molar-refractivity contribution in [2.24, 2.45) is 0 Å². The molecule has 26 heavy (non-hydrogen) atoms. The molecule has 134 valence electrons. The van der Waals surface area contributed by atoms with E-state index in [9.17, 15) is 4.79 Å². The minimum atomic E-state index is 0.0294. The lowest BCUT2D eigenvalue weighted by Gasteiger charge is -2.34. The average molecular weight is 432 g/mol. The fourth-order valence-electron chi connectivity index (χ4n) is 2.92. The summed E-state index contributed by atoms with van der Waals surface area (Å²) in [6.45, 7) is 3.04. The number of aromatic nitrogens is 1. The van der Waals surface area contributed by atoms with Crippen LogP contribution in [0.5, 0.6) is 5.75 Å². The number of benzene rings is 2. The van der Waals surface area contributed by atoms with Crippen LogP contribution >= 0.6 is 27.3 Å². The molecule has 1 aromatic heterocycles. The van der Waals surface area contributed by atoms with Crippen molar-refractivity contribution < 1.29 is 9.53 Å². The van der Waals surface area contributed by atoms with E-state index in [1.165, 1.54) is 4.70 Å². The third-order valence-corrected chi connectivity index (χ3v) is 5.92. The Morgan fingerprint density at radius 1 is 1.12 bits per heavy atom. The number of carbonyl (C=O) groups is 1. The molecule has 4 rings (SSSR count). The van der Waals surface area contributed by atoms with E-state index in [0.29, 0.717) is 13.1 Å². The predicted molar refractivity (Wildman–Crippen MR) is 108 cm³/mol. The SMILES string of the molecule is O=C(COc1ccccc1)N1CCN(c2nc3ccc(Br)cc3s2)CC1. The Morgan fingerprint density at radius 2 is 1.88 bits per heavy atom. The minimum Gasteiger partial charge on any atom is -0.484 e. The van der Waals surface area contributed by atoms with E-state index in [0.717, 1.165) is 34.0 Å². The summed E-state index contributed by atoms with van der Waals surface area (Å²) in [5.74, 6) is 0.752. The normalized spacial score (nSPS) is 14.7. The predicted octanol–water partition coefficient (Wildman–Crippen LogP) is 3.79. The van der Waals surface area contributed by atoms with Crippen molar-refractivity contribution in [3.05, 3.63) is 53.0 Å². The van der Waals surface area contributed by atoms with Crippen molar-refractivity contribution in [1.29, 1.82) is 0 Å². The molecule has 0 bridgehead atoms. The first kappa shape index (κ1) is 17.3. The van der Waals surface area contributed by atoms with Gasteiger partial charge in [0.05, 0.1) is 10.2 Å². The van der Waals surface area contributed by atoms with Crippen LogP contribution in [0, 0.1) is 0 Å². The van der Waals surface area contributed by atoms with E-state index in [1.54, 1.807) is 11.3 Å². The maximum Gasteiger partial charge on any atom is 0.260 e. The highest BCUT2D eigenvalue weighted by molar-refractivity contribution is 9.10. The van der Waals surface area contributed by atoms with Gasteiger partial charge in [0.1, 0.15) is 5.75 Å². The summed E-state index contributed by atoms with van der Waals surface area (Å²) in [7, 11) is 0. The second kappa shape index (κ2) is 7.63. The number of halogens is 1. The lowest BCUT2D eigenvalue weighted by Crippen LogP contribution is -2.50. The van der Waals surface area contributed by atoms with Crippen molar-refractivity contribution in [2.75, 3.05) is 37.7 Å². The van der Waals surface area contributed by atoms with Crippen LogP contribution in [0.4, 0.5) is 5.13 Å². The molecule has 0 N–H and O–H groups in total. The van der Waals surface area contributed by atoms with Gasteiger partial charge in [-0.05, 0) is 30.3 Å². The molecule has 1 aliphatic heterocycles. The molecule has 2 aromatic carbocycles. The fourth-order valence-corrected chi connectivity index (χ4v) is 4.49. The zero-order valence-electron chi connectivity index (χ0n) is 14.1. The molecule has 3 aromatic rings. The Balaban J connectivity index is 1.33. The lowest BCUT2D eigenvalue weighted by atomic mass is 10.3. The molecule has 0 unspecified atom stereocenters. The maximum absolute atomic E-state index is 12.4. The van der Waals surface area contributed by atoms with Gasteiger partial charge >= 0.3 is 0 Å². The number of hydrogen-bond donors (Lipinski definition) is 0. The van der Waals surface area contributed by atoms with E-state index in [1.807, 2.05) is 47.4 Å². The van der Waals surface area contributed by atoms with Gasteiger partial charge < -0.3 is 14.5 Å². The van der Waals surface area contributed by atoms with Gasteiger partial charge in [-0.25, -0.2) is 4.98 Å². The summed E-state index contributed by atoms with van der Waals surface area (Å²) in [5.41, 5.74) is 1.02. The fraction of sp³-hybridized carbons (Fsp3) is 0.263. The number of carbonyl (C=O) groups excluding carboxylic acids is 1. The number of anilines is 1. The number of nitrogens with zero attached hydrogens (tertiary/aromatic N) is 3. The quantitative estimate of drug-likeness (QED) is 0.630. The molecular weight excluding hydrogens is 414 g/mol. The Morgan fingerprint density at radius 3 is 2.65 bits per heavy atom. The summed E-state index contributed by atoms with van der Waals surface area (Å²) in [6, 6.07) is 15.6. The highest BCUT2D eigenvalue weighted by Gasteiger charge is 2.23. The summed E-state index contributed by atoms with van der Waals surface area (Å²) < 4.78 is 7.80. The summed E-state index contributed by atoms with van der Waals surface area (Å²) in [4.78, 5) is 21.2. The van der Waals surface area contributed by atoms with Gasteiger partial charge in [0.15, 0.2) is 11.7 Å². The Labute approximate surface area is 164 Å². The molecule has 0 atom stereocenters. The van der Waals surface area contributed by atoms with Gasteiger partial charge in [0, 0.05) is 30.7 Å². The topological polar surface area (TPSA) is 45.7 Å². The molecule has 1 amide bonds. The first-order valence-corrected chi connectivity index (χ1v) is 10.1. The van der Waals surface area contributed by atoms with Crippen molar-refractivity contribution in [3.8, 4) is 5.75 Å². The Kier molecular flexibility index (Phi) is 5.08. The molecule has 1 fully saturated rings. The van der Waals surface area contributed by atoms with Crippen LogP contribution in [0.3, 0.4) is 0 Å². The van der Waals surface area contributed by atoms with Crippen LogP contribution in [-0.4, -0.2) is 48.6 Å². The van der Waals surface area contributed by atoms with Crippen LogP contribution in [0.2, 0.25) is 0 Å².